The van der Waals surface area contributed by atoms with Crippen molar-refractivity contribution >= 4 is 34.1 Å². The first-order valence-electron chi connectivity index (χ1n) is 7.90. The van der Waals surface area contributed by atoms with Crippen LogP contribution in [0.25, 0.3) is 0 Å². The summed E-state index contributed by atoms with van der Waals surface area (Å²) in [5.41, 5.74) is 12.3. The van der Waals surface area contributed by atoms with Gasteiger partial charge in [0.1, 0.15) is 10.8 Å². The number of aromatic nitrogens is 3. The number of aryl methyl sites for hydroxylation is 1. The number of nitrogens with one attached hydrogen (secondary N) is 2. The Hall–Kier alpha value is -2.26. The number of carbonyl (C=O) groups excluding carboxylic acids is 1. The number of primary amides is 1. The molecular formula is C15H21N7OS. The normalized spacial score (nSPS) is 20.6. The van der Waals surface area contributed by atoms with Gasteiger partial charge in [-0.1, -0.05) is 0 Å². The fourth-order valence-electron chi connectivity index (χ4n) is 2.74. The Bertz CT molecular complexity index is 724. The topological polar surface area (TPSA) is 132 Å². The van der Waals surface area contributed by atoms with Crippen LogP contribution in [0.1, 0.15) is 41.9 Å². The lowest BCUT2D eigenvalue weighted by molar-refractivity contribution is 0.0996. The van der Waals surface area contributed by atoms with Crippen LogP contribution in [0.15, 0.2) is 12.3 Å². The number of rotatable bonds is 5. The summed E-state index contributed by atoms with van der Waals surface area (Å²) in [5.74, 6) is 0.328. The van der Waals surface area contributed by atoms with Crippen molar-refractivity contribution < 1.29 is 4.79 Å². The molecule has 9 heteroatoms. The predicted molar refractivity (Wildman–Crippen MR) is 94.5 cm³/mol. The summed E-state index contributed by atoms with van der Waals surface area (Å²) in [6, 6.07) is 2.48. The molecule has 0 aromatic carbocycles. The molecule has 128 valence electrons. The van der Waals surface area contributed by atoms with Gasteiger partial charge in [-0.15, -0.1) is 0 Å². The molecule has 1 fully saturated rings. The number of hydrogen-bond donors (Lipinski definition) is 4. The molecule has 3 rings (SSSR count). The van der Waals surface area contributed by atoms with Crippen molar-refractivity contribution in [3.05, 3.63) is 23.7 Å². The Morgan fingerprint density at radius 2 is 2.08 bits per heavy atom. The minimum Gasteiger partial charge on any atom is -0.366 e. The number of amides is 1. The molecule has 24 heavy (non-hydrogen) atoms. The standard InChI is InChI=1S/C15H21N7OS/c1-8-6-12(24-22-8)21-15-13(14(17)23)18-7-11(20-15)19-10-4-2-9(16)3-5-10/h6-7,9-10H,2-5,16H2,1H3,(H2,17,23)(H2,19,20,21)/t9-,10-. The summed E-state index contributed by atoms with van der Waals surface area (Å²) in [6.45, 7) is 1.90. The van der Waals surface area contributed by atoms with E-state index in [1.54, 1.807) is 0 Å². The molecule has 1 aliphatic carbocycles. The van der Waals surface area contributed by atoms with Gasteiger partial charge < -0.3 is 22.1 Å². The van der Waals surface area contributed by atoms with Crippen molar-refractivity contribution in [2.24, 2.45) is 11.5 Å². The molecule has 2 heterocycles. The Morgan fingerprint density at radius 1 is 1.33 bits per heavy atom. The van der Waals surface area contributed by atoms with Gasteiger partial charge in [-0.3, -0.25) is 4.79 Å². The summed E-state index contributed by atoms with van der Waals surface area (Å²) in [7, 11) is 0. The third-order valence-electron chi connectivity index (χ3n) is 4.00. The van der Waals surface area contributed by atoms with Crippen LogP contribution in [0.4, 0.5) is 16.6 Å². The van der Waals surface area contributed by atoms with Gasteiger partial charge in [0.15, 0.2) is 11.5 Å². The molecule has 2 aromatic heterocycles. The highest BCUT2D eigenvalue weighted by Gasteiger charge is 2.20. The van der Waals surface area contributed by atoms with E-state index in [-0.39, 0.29) is 11.7 Å². The Balaban J connectivity index is 1.78. The van der Waals surface area contributed by atoms with E-state index < -0.39 is 5.91 Å². The predicted octanol–water partition coefficient (Wildman–Crippen LogP) is 1.77. The highest BCUT2D eigenvalue weighted by atomic mass is 32.1. The van der Waals surface area contributed by atoms with Crippen LogP contribution < -0.4 is 22.1 Å². The summed E-state index contributed by atoms with van der Waals surface area (Å²) in [5, 5.41) is 7.23. The van der Waals surface area contributed by atoms with Crippen LogP contribution in [0.3, 0.4) is 0 Å². The number of hydrogen-bond acceptors (Lipinski definition) is 8. The van der Waals surface area contributed by atoms with Gasteiger partial charge in [-0.2, -0.15) is 4.37 Å². The molecule has 0 saturated heterocycles. The van der Waals surface area contributed by atoms with E-state index in [4.69, 9.17) is 11.5 Å². The average molecular weight is 347 g/mol. The maximum absolute atomic E-state index is 11.6. The average Bonchev–Trinajstić information content (AvgIpc) is 2.94. The molecule has 1 aliphatic rings. The largest absolute Gasteiger partial charge is 0.366 e. The minimum atomic E-state index is -0.624. The van der Waals surface area contributed by atoms with Gasteiger partial charge in [0.25, 0.3) is 5.91 Å². The summed E-state index contributed by atoms with van der Waals surface area (Å²) >= 11 is 1.29. The number of anilines is 3. The van der Waals surface area contributed by atoms with Crippen LogP contribution in [0.5, 0.6) is 0 Å². The number of nitrogens with zero attached hydrogens (tertiary/aromatic N) is 3. The minimum absolute atomic E-state index is 0.109. The Kier molecular flexibility index (Phi) is 4.91. The second-order valence-corrected chi connectivity index (χ2v) is 6.84. The highest BCUT2D eigenvalue weighted by molar-refractivity contribution is 7.10. The van der Waals surface area contributed by atoms with E-state index in [0.29, 0.717) is 17.7 Å². The first kappa shape index (κ1) is 16.6. The zero-order chi connectivity index (χ0) is 17.1. The quantitative estimate of drug-likeness (QED) is 0.648. The van der Waals surface area contributed by atoms with Gasteiger partial charge >= 0.3 is 0 Å². The van der Waals surface area contributed by atoms with Gasteiger partial charge in [0.2, 0.25) is 0 Å². The van der Waals surface area contributed by atoms with E-state index >= 15 is 0 Å². The fraction of sp³-hybridized carbons (Fsp3) is 0.467. The van der Waals surface area contributed by atoms with Crippen LogP contribution in [-0.2, 0) is 0 Å². The highest BCUT2D eigenvalue weighted by Crippen LogP contribution is 2.25. The molecule has 0 spiro atoms. The van der Waals surface area contributed by atoms with Gasteiger partial charge in [-0.25, -0.2) is 9.97 Å². The zero-order valence-corrected chi connectivity index (χ0v) is 14.3. The van der Waals surface area contributed by atoms with Crippen LogP contribution in [-0.4, -0.2) is 32.3 Å². The lowest BCUT2D eigenvalue weighted by Gasteiger charge is -2.27. The molecular weight excluding hydrogens is 326 g/mol. The Labute approximate surface area is 144 Å². The molecule has 1 amide bonds. The van der Waals surface area contributed by atoms with Crippen molar-refractivity contribution in [2.45, 2.75) is 44.7 Å². The number of carbonyl (C=O) groups is 1. The van der Waals surface area contributed by atoms with Crippen molar-refractivity contribution in [3.8, 4) is 0 Å². The molecule has 0 bridgehead atoms. The van der Waals surface area contributed by atoms with E-state index in [2.05, 4.69) is 25.0 Å². The summed E-state index contributed by atoms with van der Waals surface area (Å²) in [6.07, 6.45) is 5.53. The lowest BCUT2D eigenvalue weighted by Crippen LogP contribution is -2.33. The molecule has 2 aromatic rings. The van der Waals surface area contributed by atoms with Crippen molar-refractivity contribution in [1.82, 2.24) is 14.3 Å². The Morgan fingerprint density at radius 3 is 2.71 bits per heavy atom. The van der Waals surface area contributed by atoms with E-state index in [1.807, 2.05) is 13.0 Å². The van der Waals surface area contributed by atoms with E-state index in [1.165, 1.54) is 17.7 Å². The smallest absolute Gasteiger partial charge is 0.271 e. The van der Waals surface area contributed by atoms with Gasteiger partial charge in [-0.05, 0) is 50.2 Å². The molecule has 6 N–H and O–H groups in total. The molecule has 1 saturated carbocycles. The van der Waals surface area contributed by atoms with Crippen molar-refractivity contribution in [3.63, 3.8) is 0 Å². The maximum atomic E-state index is 11.6. The van der Waals surface area contributed by atoms with Crippen LogP contribution in [0, 0.1) is 6.92 Å². The SMILES string of the molecule is Cc1cc(Nc2nc(N[C@H]3CC[C@H](N)CC3)cnc2C(N)=O)sn1. The van der Waals surface area contributed by atoms with Crippen molar-refractivity contribution in [2.75, 3.05) is 10.6 Å². The first-order valence-corrected chi connectivity index (χ1v) is 8.68. The molecule has 8 nitrogen and oxygen atoms in total. The van der Waals surface area contributed by atoms with Crippen LogP contribution in [0.2, 0.25) is 0 Å². The molecule has 0 atom stereocenters. The molecule has 0 radical (unpaired) electrons. The third kappa shape index (κ3) is 3.98. The van der Waals surface area contributed by atoms with Gasteiger partial charge in [0, 0.05) is 12.1 Å². The monoisotopic (exact) mass is 347 g/mol. The fourth-order valence-corrected chi connectivity index (χ4v) is 3.40. The first-order chi connectivity index (χ1) is 11.5. The molecule has 0 unspecified atom stereocenters. The second-order valence-electron chi connectivity index (χ2n) is 6.03. The van der Waals surface area contributed by atoms with Crippen molar-refractivity contribution in [1.29, 1.82) is 0 Å². The zero-order valence-electron chi connectivity index (χ0n) is 13.5. The third-order valence-corrected chi connectivity index (χ3v) is 4.80. The maximum Gasteiger partial charge on any atom is 0.271 e. The second kappa shape index (κ2) is 7.10. The van der Waals surface area contributed by atoms with Gasteiger partial charge in [0.05, 0.1) is 11.9 Å². The summed E-state index contributed by atoms with van der Waals surface area (Å²) < 4.78 is 4.20. The van der Waals surface area contributed by atoms with E-state index in [0.717, 1.165) is 36.4 Å². The van der Waals surface area contributed by atoms with E-state index in [9.17, 15) is 4.79 Å². The lowest BCUT2D eigenvalue weighted by atomic mass is 9.92. The summed E-state index contributed by atoms with van der Waals surface area (Å²) in [4.78, 5) is 20.2. The molecule has 0 aliphatic heterocycles. The van der Waals surface area contributed by atoms with Crippen LogP contribution >= 0.6 is 11.5 Å². The number of nitrogens with two attached hydrogens (primary N) is 2.